The number of hydrogen-bond acceptors (Lipinski definition) is 2. The summed E-state index contributed by atoms with van der Waals surface area (Å²) in [5, 5.41) is 14.7. The van der Waals surface area contributed by atoms with Gasteiger partial charge in [0, 0.05) is 17.5 Å². The van der Waals surface area contributed by atoms with Crippen molar-refractivity contribution in [3.05, 3.63) is 34.9 Å². The predicted molar refractivity (Wildman–Crippen MR) is 66.6 cm³/mol. The van der Waals surface area contributed by atoms with Crippen LogP contribution in [0.25, 0.3) is 0 Å². The Kier molecular flexibility index (Phi) is 3.53. The van der Waals surface area contributed by atoms with E-state index in [0.29, 0.717) is 5.02 Å². The lowest BCUT2D eigenvalue weighted by molar-refractivity contribution is -0.0156. The fourth-order valence-corrected chi connectivity index (χ4v) is 2.56. The van der Waals surface area contributed by atoms with Gasteiger partial charge >= 0.3 is 0 Å². The number of nitrogens with one attached hydrogen (secondary N) is 1. The van der Waals surface area contributed by atoms with Gasteiger partial charge < -0.3 is 10.4 Å². The number of benzene rings is 1. The van der Waals surface area contributed by atoms with Crippen molar-refractivity contribution in [3.63, 3.8) is 0 Å². The average Bonchev–Trinajstić information content (AvgIpc) is 2.30. The molecule has 1 unspecified atom stereocenters. The second-order valence-electron chi connectivity index (χ2n) is 4.70. The summed E-state index contributed by atoms with van der Waals surface area (Å²) >= 11 is 5.96. The quantitative estimate of drug-likeness (QED) is 0.832. The minimum atomic E-state index is -0.793. The van der Waals surface area contributed by atoms with Gasteiger partial charge in [0.05, 0.1) is 5.60 Å². The van der Waals surface area contributed by atoms with Gasteiger partial charge in [0.25, 0.3) is 0 Å². The Morgan fingerprint density at radius 2 is 2.31 bits per heavy atom. The van der Waals surface area contributed by atoms with Gasteiger partial charge in [0.1, 0.15) is 0 Å². The number of rotatable bonds is 2. The average molecular weight is 240 g/mol. The minimum absolute atomic E-state index is 0.264. The summed E-state index contributed by atoms with van der Waals surface area (Å²) in [6.07, 6.45) is 2.19. The van der Waals surface area contributed by atoms with Gasteiger partial charge in [0.2, 0.25) is 0 Å². The maximum atomic E-state index is 10.6. The van der Waals surface area contributed by atoms with E-state index in [1.165, 1.54) is 0 Å². The van der Waals surface area contributed by atoms with Crippen LogP contribution in [0.2, 0.25) is 5.02 Å². The van der Waals surface area contributed by atoms with Crippen LogP contribution >= 0.6 is 11.6 Å². The van der Waals surface area contributed by atoms with E-state index in [2.05, 4.69) is 5.32 Å². The topological polar surface area (TPSA) is 32.3 Å². The maximum Gasteiger partial charge on any atom is 0.0909 e. The second kappa shape index (κ2) is 4.74. The van der Waals surface area contributed by atoms with E-state index in [1.54, 1.807) is 0 Å². The van der Waals surface area contributed by atoms with Gasteiger partial charge in [-0.3, -0.25) is 0 Å². The van der Waals surface area contributed by atoms with Crippen LogP contribution in [0.1, 0.15) is 25.3 Å². The highest BCUT2D eigenvalue weighted by molar-refractivity contribution is 6.30. The molecule has 1 aromatic rings. The SMILES string of the molecule is CC(O)(c1cccc(Cl)c1)[C@@H]1CCCNC1. The first-order valence-electron chi connectivity index (χ1n) is 5.80. The smallest absolute Gasteiger partial charge is 0.0909 e. The molecule has 1 fully saturated rings. The van der Waals surface area contributed by atoms with Gasteiger partial charge in [-0.25, -0.2) is 0 Å². The normalized spacial score (nSPS) is 25.1. The number of halogens is 1. The van der Waals surface area contributed by atoms with Crippen LogP contribution in [-0.2, 0) is 5.60 Å². The van der Waals surface area contributed by atoms with Crippen molar-refractivity contribution in [3.8, 4) is 0 Å². The fraction of sp³-hybridized carbons (Fsp3) is 0.538. The molecule has 0 saturated carbocycles. The first-order chi connectivity index (χ1) is 7.60. The Bertz CT molecular complexity index is 359. The van der Waals surface area contributed by atoms with E-state index in [1.807, 2.05) is 31.2 Å². The van der Waals surface area contributed by atoms with Gasteiger partial charge in [0.15, 0.2) is 0 Å². The molecular formula is C13H18ClNO. The van der Waals surface area contributed by atoms with Crippen LogP contribution < -0.4 is 5.32 Å². The molecule has 1 aliphatic heterocycles. The van der Waals surface area contributed by atoms with Crippen LogP contribution in [0.3, 0.4) is 0 Å². The highest BCUT2D eigenvalue weighted by Gasteiger charge is 2.34. The number of aliphatic hydroxyl groups is 1. The molecule has 1 heterocycles. The lowest BCUT2D eigenvalue weighted by Gasteiger charge is -2.36. The zero-order valence-corrected chi connectivity index (χ0v) is 10.3. The third-order valence-corrected chi connectivity index (χ3v) is 3.74. The van der Waals surface area contributed by atoms with Crippen molar-refractivity contribution >= 4 is 11.6 Å². The summed E-state index contributed by atoms with van der Waals surface area (Å²) in [5.41, 5.74) is 0.118. The Morgan fingerprint density at radius 1 is 1.50 bits per heavy atom. The highest BCUT2D eigenvalue weighted by atomic mass is 35.5. The second-order valence-corrected chi connectivity index (χ2v) is 5.14. The molecule has 2 nitrogen and oxygen atoms in total. The van der Waals surface area contributed by atoms with Crippen molar-refractivity contribution in [2.75, 3.05) is 13.1 Å². The zero-order chi connectivity index (χ0) is 11.6. The van der Waals surface area contributed by atoms with Crippen molar-refractivity contribution in [1.29, 1.82) is 0 Å². The van der Waals surface area contributed by atoms with Gasteiger partial charge in [-0.05, 0) is 44.0 Å². The van der Waals surface area contributed by atoms with Crippen molar-refractivity contribution in [2.45, 2.75) is 25.4 Å². The molecule has 2 atom stereocenters. The molecule has 0 bridgehead atoms. The molecule has 0 aromatic heterocycles. The van der Waals surface area contributed by atoms with E-state index in [4.69, 9.17) is 11.6 Å². The molecule has 2 rings (SSSR count). The molecule has 1 aromatic carbocycles. The third kappa shape index (κ3) is 2.40. The first kappa shape index (κ1) is 11.9. The van der Waals surface area contributed by atoms with Gasteiger partial charge in [-0.1, -0.05) is 23.7 Å². The van der Waals surface area contributed by atoms with Crippen LogP contribution in [0.15, 0.2) is 24.3 Å². The molecule has 0 amide bonds. The van der Waals surface area contributed by atoms with Gasteiger partial charge in [-0.15, -0.1) is 0 Å². The van der Waals surface area contributed by atoms with Crippen LogP contribution in [0.5, 0.6) is 0 Å². The Morgan fingerprint density at radius 3 is 2.94 bits per heavy atom. The zero-order valence-electron chi connectivity index (χ0n) is 9.54. The third-order valence-electron chi connectivity index (χ3n) is 3.50. The minimum Gasteiger partial charge on any atom is -0.385 e. The largest absolute Gasteiger partial charge is 0.385 e. The summed E-state index contributed by atoms with van der Waals surface area (Å²) in [7, 11) is 0. The summed E-state index contributed by atoms with van der Waals surface area (Å²) in [5.74, 6) is 0.264. The molecule has 88 valence electrons. The van der Waals surface area contributed by atoms with Crippen molar-refractivity contribution < 1.29 is 5.11 Å². The summed E-state index contributed by atoms with van der Waals surface area (Å²) < 4.78 is 0. The van der Waals surface area contributed by atoms with Crippen LogP contribution in [0, 0.1) is 5.92 Å². The molecule has 0 radical (unpaired) electrons. The van der Waals surface area contributed by atoms with E-state index >= 15 is 0 Å². The van der Waals surface area contributed by atoms with Crippen molar-refractivity contribution in [2.24, 2.45) is 5.92 Å². The fourth-order valence-electron chi connectivity index (χ4n) is 2.37. The molecule has 3 heteroatoms. The summed E-state index contributed by atoms with van der Waals surface area (Å²) in [4.78, 5) is 0. The van der Waals surface area contributed by atoms with Gasteiger partial charge in [-0.2, -0.15) is 0 Å². The molecule has 16 heavy (non-hydrogen) atoms. The first-order valence-corrected chi connectivity index (χ1v) is 6.17. The van der Waals surface area contributed by atoms with Crippen LogP contribution in [-0.4, -0.2) is 18.2 Å². The van der Waals surface area contributed by atoms with Crippen LogP contribution in [0.4, 0.5) is 0 Å². The van der Waals surface area contributed by atoms with E-state index in [-0.39, 0.29) is 5.92 Å². The molecule has 2 N–H and O–H groups in total. The Hall–Kier alpha value is -0.570. The van der Waals surface area contributed by atoms with E-state index < -0.39 is 5.60 Å². The summed E-state index contributed by atoms with van der Waals surface area (Å²) in [6, 6.07) is 7.53. The number of hydrogen-bond donors (Lipinski definition) is 2. The van der Waals surface area contributed by atoms with E-state index in [9.17, 15) is 5.11 Å². The Balaban J connectivity index is 2.22. The predicted octanol–water partition coefficient (Wildman–Crippen LogP) is 2.55. The molecular weight excluding hydrogens is 222 g/mol. The Labute approximate surface area is 102 Å². The molecule has 0 spiro atoms. The standard InChI is InChI=1S/C13H18ClNO/c1-13(16,11-5-3-7-15-9-11)10-4-2-6-12(14)8-10/h2,4,6,8,11,15-16H,3,5,7,9H2,1H3/t11-,13?/m1/s1. The molecule has 0 aliphatic carbocycles. The maximum absolute atomic E-state index is 10.6. The van der Waals surface area contributed by atoms with Crippen molar-refractivity contribution in [1.82, 2.24) is 5.32 Å². The molecule has 1 aliphatic rings. The highest BCUT2D eigenvalue weighted by Crippen LogP contribution is 2.34. The summed E-state index contributed by atoms with van der Waals surface area (Å²) in [6.45, 7) is 3.82. The monoisotopic (exact) mass is 239 g/mol. The lowest BCUT2D eigenvalue weighted by atomic mass is 9.79. The molecule has 1 saturated heterocycles. The number of piperidine rings is 1. The van der Waals surface area contributed by atoms with E-state index in [0.717, 1.165) is 31.5 Å². The lowest BCUT2D eigenvalue weighted by Crippen LogP contribution is -2.42.